The van der Waals surface area contributed by atoms with Gasteiger partial charge in [-0.3, -0.25) is 4.98 Å². The Kier molecular flexibility index (Phi) is 2.73. The van der Waals surface area contributed by atoms with Crippen LogP contribution in [0, 0.1) is 6.92 Å². The van der Waals surface area contributed by atoms with Gasteiger partial charge in [-0.25, -0.2) is 4.98 Å². The van der Waals surface area contributed by atoms with Crippen molar-refractivity contribution >= 4 is 22.6 Å². The zero-order chi connectivity index (χ0) is 12.5. The Balaban J connectivity index is 2.16. The van der Waals surface area contributed by atoms with Crippen molar-refractivity contribution in [3.63, 3.8) is 0 Å². The maximum Gasteiger partial charge on any atom is 0.0902 e. The van der Waals surface area contributed by atoms with Crippen LogP contribution in [0.4, 0.5) is 0 Å². The lowest BCUT2D eigenvalue weighted by Crippen LogP contribution is -1.89. The fraction of sp³-hybridized carbons (Fsp3) is 0.0667. The van der Waals surface area contributed by atoms with Crippen LogP contribution in [0.1, 0.15) is 5.56 Å². The van der Waals surface area contributed by atoms with Gasteiger partial charge in [0.1, 0.15) is 0 Å². The summed E-state index contributed by atoms with van der Waals surface area (Å²) in [6.07, 6.45) is 1.79. The van der Waals surface area contributed by atoms with E-state index in [0.717, 1.165) is 22.3 Å². The molecule has 2 aromatic carbocycles. The maximum absolute atomic E-state index is 5.93. The van der Waals surface area contributed by atoms with Gasteiger partial charge in [0, 0.05) is 10.6 Å². The molecule has 0 N–H and O–H groups in total. The standard InChI is InChI=1S/C15H11ClN2/c1-10-3-2-4-11(7-10)15-9-17-14-8-12(16)5-6-13(14)18-15/h2-9H,1H3. The summed E-state index contributed by atoms with van der Waals surface area (Å²) in [5, 5.41) is 0.681. The third-order valence-corrected chi connectivity index (χ3v) is 3.05. The topological polar surface area (TPSA) is 25.8 Å². The molecule has 0 unspecified atom stereocenters. The van der Waals surface area contributed by atoms with Crippen LogP contribution in [0.15, 0.2) is 48.7 Å². The van der Waals surface area contributed by atoms with Gasteiger partial charge in [0.15, 0.2) is 0 Å². The highest BCUT2D eigenvalue weighted by molar-refractivity contribution is 6.31. The summed E-state index contributed by atoms with van der Waals surface area (Å²) < 4.78 is 0. The van der Waals surface area contributed by atoms with Gasteiger partial charge in [0.05, 0.1) is 22.9 Å². The molecular formula is C15H11ClN2. The van der Waals surface area contributed by atoms with Crippen LogP contribution in [-0.2, 0) is 0 Å². The van der Waals surface area contributed by atoms with Crippen LogP contribution in [0.5, 0.6) is 0 Å². The number of aryl methyl sites for hydroxylation is 1. The van der Waals surface area contributed by atoms with E-state index in [1.807, 2.05) is 30.3 Å². The first-order chi connectivity index (χ1) is 8.72. The molecule has 0 aliphatic heterocycles. The maximum atomic E-state index is 5.93. The van der Waals surface area contributed by atoms with Gasteiger partial charge in [-0.05, 0) is 31.2 Å². The van der Waals surface area contributed by atoms with Crippen LogP contribution >= 0.6 is 11.6 Å². The van der Waals surface area contributed by atoms with Crippen molar-refractivity contribution < 1.29 is 0 Å². The Morgan fingerprint density at radius 3 is 2.72 bits per heavy atom. The summed E-state index contributed by atoms with van der Waals surface area (Å²) in [6.45, 7) is 2.07. The lowest BCUT2D eigenvalue weighted by Gasteiger charge is -2.03. The highest BCUT2D eigenvalue weighted by Crippen LogP contribution is 2.21. The molecule has 3 heteroatoms. The van der Waals surface area contributed by atoms with Gasteiger partial charge in [-0.1, -0.05) is 35.4 Å². The molecule has 3 aromatic rings. The third kappa shape index (κ3) is 2.07. The number of rotatable bonds is 1. The Labute approximate surface area is 110 Å². The Morgan fingerprint density at radius 2 is 1.89 bits per heavy atom. The van der Waals surface area contributed by atoms with Crippen LogP contribution in [0.25, 0.3) is 22.3 Å². The molecule has 0 amide bonds. The van der Waals surface area contributed by atoms with E-state index in [4.69, 9.17) is 11.6 Å². The number of nitrogens with zero attached hydrogens (tertiary/aromatic N) is 2. The second kappa shape index (κ2) is 4.39. The van der Waals surface area contributed by atoms with E-state index in [-0.39, 0.29) is 0 Å². The van der Waals surface area contributed by atoms with Crippen molar-refractivity contribution in [1.29, 1.82) is 0 Å². The molecule has 0 atom stereocenters. The molecule has 0 radical (unpaired) electrons. The van der Waals surface area contributed by atoms with Crippen molar-refractivity contribution in [2.24, 2.45) is 0 Å². The van der Waals surface area contributed by atoms with E-state index in [0.29, 0.717) is 5.02 Å². The fourth-order valence-electron chi connectivity index (χ4n) is 1.93. The Bertz CT molecular complexity index is 723. The molecule has 0 saturated carbocycles. The second-order valence-corrected chi connectivity index (χ2v) is 4.69. The highest BCUT2D eigenvalue weighted by Gasteiger charge is 2.03. The quantitative estimate of drug-likeness (QED) is 0.648. The molecular weight excluding hydrogens is 244 g/mol. The molecule has 1 aromatic heterocycles. The number of hydrogen-bond acceptors (Lipinski definition) is 2. The molecule has 0 bridgehead atoms. The van der Waals surface area contributed by atoms with Crippen molar-refractivity contribution in [2.75, 3.05) is 0 Å². The first-order valence-electron chi connectivity index (χ1n) is 5.72. The molecule has 0 aliphatic carbocycles. The SMILES string of the molecule is Cc1cccc(-c2cnc3cc(Cl)ccc3n2)c1. The smallest absolute Gasteiger partial charge is 0.0902 e. The van der Waals surface area contributed by atoms with Gasteiger partial charge < -0.3 is 0 Å². The fourth-order valence-corrected chi connectivity index (χ4v) is 2.09. The van der Waals surface area contributed by atoms with E-state index in [9.17, 15) is 0 Å². The monoisotopic (exact) mass is 254 g/mol. The van der Waals surface area contributed by atoms with Gasteiger partial charge >= 0.3 is 0 Å². The normalized spacial score (nSPS) is 10.8. The summed E-state index contributed by atoms with van der Waals surface area (Å²) in [4.78, 5) is 9.01. The molecule has 0 saturated heterocycles. The number of halogens is 1. The second-order valence-electron chi connectivity index (χ2n) is 4.26. The molecule has 1 heterocycles. The number of fused-ring (bicyclic) bond motifs is 1. The van der Waals surface area contributed by atoms with E-state index in [1.54, 1.807) is 6.20 Å². The summed E-state index contributed by atoms with van der Waals surface area (Å²) in [7, 11) is 0. The average molecular weight is 255 g/mol. The zero-order valence-electron chi connectivity index (χ0n) is 9.89. The predicted molar refractivity (Wildman–Crippen MR) is 74.7 cm³/mol. The molecule has 3 rings (SSSR count). The van der Waals surface area contributed by atoms with Crippen molar-refractivity contribution in [1.82, 2.24) is 9.97 Å². The van der Waals surface area contributed by atoms with Crippen molar-refractivity contribution in [3.05, 3.63) is 59.2 Å². The van der Waals surface area contributed by atoms with E-state index in [1.165, 1.54) is 5.56 Å². The van der Waals surface area contributed by atoms with Crippen LogP contribution in [0.2, 0.25) is 5.02 Å². The molecule has 2 nitrogen and oxygen atoms in total. The third-order valence-electron chi connectivity index (χ3n) is 2.82. The molecule has 0 fully saturated rings. The largest absolute Gasteiger partial charge is 0.252 e. The molecule has 0 spiro atoms. The first-order valence-corrected chi connectivity index (χ1v) is 6.09. The minimum atomic E-state index is 0.681. The first kappa shape index (κ1) is 11.2. The summed E-state index contributed by atoms with van der Waals surface area (Å²) >= 11 is 5.93. The lowest BCUT2D eigenvalue weighted by atomic mass is 10.1. The summed E-state index contributed by atoms with van der Waals surface area (Å²) in [5.74, 6) is 0. The van der Waals surface area contributed by atoms with Gasteiger partial charge in [0.2, 0.25) is 0 Å². The Morgan fingerprint density at radius 1 is 1.00 bits per heavy atom. The van der Waals surface area contributed by atoms with Crippen LogP contribution < -0.4 is 0 Å². The van der Waals surface area contributed by atoms with Crippen molar-refractivity contribution in [2.45, 2.75) is 6.92 Å². The van der Waals surface area contributed by atoms with Gasteiger partial charge in [-0.15, -0.1) is 0 Å². The van der Waals surface area contributed by atoms with Crippen LogP contribution in [-0.4, -0.2) is 9.97 Å². The average Bonchev–Trinajstić information content (AvgIpc) is 2.38. The Hall–Kier alpha value is -1.93. The number of benzene rings is 2. The minimum Gasteiger partial charge on any atom is -0.252 e. The van der Waals surface area contributed by atoms with Crippen LogP contribution in [0.3, 0.4) is 0 Å². The van der Waals surface area contributed by atoms with Gasteiger partial charge in [-0.2, -0.15) is 0 Å². The number of aromatic nitrogens is 2. The zero-order valence-corrected chi connectivity index (χ0v) is 10.6. The van der Waals surface area contributed by atoms with E-state index < -0.39 is 0 Å². The molecule has 18 heavy (non-hydrogen) atoms. The lowest BCUT2D eigenvalue weighted by molar-refractivity contribution is 1.29. The molecule has 88 valence electrons. The van der Waals surface area contributed by atoms with E-state index >= 15 is 0 Å². The number of hydrogen-bond donors (Lipinski definition) is 0. The summed E-state index contributed by atoms with van der Waals surface area (Å²) in [6, 6.07) is 13.8. The highest BCUT2D eigenvalue weighted by atomic mass is 35.5. The minimum absolute atomic E-state index is 0.681. The van der Waals surface area contributed by atoms with Gasteiger partial charge in [0.25, 0.3) is 0 Å². The van der Waals surface area contributed by atoms with Crippen molar-refractivity contribution in [3.8, 4) is 11.3 Å². The van der Waals surface area contributed by atoms with E-state index in [2.05, 4.69) is 29.0 Å². The molecule has 0 aliphatic rings. The predicted octanol–water partition coefficient (Wildman–Crippen LogP) is 4.26. The summed E-state index contributed by atoms with van der Waals surface area (Å²) in [5.41, 5.74) is 4.86.